The SMILES string of the molecule is CC[C@@H](Nc1ccccc1)C(=O)N/N=C\c1cc([N+](=O)[O-])ccc1O. The van der Waals surface area contributed by atoms with E-state index in [9.17, 15) is 20.0 Å². The van der Waals surface area contributed by atoms with Crippen molar-refractivity contribution in [1.82, 2.24) is 5.43 Å². The van der Waals surface area contributed by atoms with Crippen LogP contribution in [0, 0.1) is 10.1 Å². The van der Waals surface area contributed by atoms with E-state index >= 15 is 0 Å². The van der Waals surface area contributed by atoms with Crippen LogP contribution in [0.3, 0.4) is 0 Å². The van der Waals surface area contributed by atoms with Crippen LogP contribution in [0.5, 0.6) is 5.75 Å². The second kappa shape index (κ2) is 8.44. The normalized spacial score (nSPS) is 11.9. The average Bonchev–Trinajstić information content (AvgIpc) is 2.61. The number of nitro groups is 1. The molecule has 130 valence electrons. The van der Waals surface area contributed by atoms with Gasteiger partial charge in [0.2, 0.25) is 0 Å². The van der Waals surface area contributed by atoms with Gasteiger partial charge in [-0.15, -0.1) is 0 Å². The summed E-state index contributed by atoms with van der Waals surface area (Å²) in [6, 6.07) is 12.4. The van der Waals surface area contributed by atoms with E-state index in [1.165, 1.54) is 18.2 Å². The summed E-state index contributed by atoms with van der Waals surface area (Å²) in [6.07, 6.45) is 1.70. The molecular formula is C17H18N4O4. The van der Waals surface area contributed by atoms with Crippen LogP contribution in [0.2, 0.25) is 0 Å². The lowest BCUT2D eigenvalue weighted by Crippen LogP contribution is -2.36. The van der Waals surface area contributed by atoms with Crippen LogP contribution in [0.4, 0.5) is 11.4 Å². The number of para-hydroxylation sites is 1. The minimum absolute atomic E-state index is 0.138. The van der Waals surface area contributed by atoms with Gasteiger partial charge >= 0.3 is 0 Å². The van der Waals surface area contributed by atoms with Crippen molar-refractivity contribution < 1.29 is 14.8 Å². The van der Waals surface area contributed by atoms with Gasteiger partial charge in [0.05, 0.1) is 11.1 Å². The molecule has 8 heteroatoms. The number of hydrazone groups is 1. The zero-order chi connectivity index (χ0) is 18.2. The highest BCUT2D eigenvalue weighted by atomic mass is 16.6. The Morgan fingerprint density at radius 2 is 2.04 bits per heavy atom. The number of phenolic OH excluding ortho intramolecular Hbond substituents is 1. The van der Waals surface area contributed by atoms with Crippen LogP contribution < -0.4 is 10.7 Å². The van der Waals surface area contributed by atoms with Gasteiger partial charge in [-0.05, 0) is 24.6 Å². The fourth-order valence-electron chi connectivity index (χ4n) is 2.09. The molecule has 0 fully saturated rings. The van der Waals surface area contributed by atoms with Crippen LogP contribution >= 0.6 is 0 Å². The van der Waals surface area contributed by atoms with Crippen molar-refractivity contribution >= 4 is 23.5 Å². The molecule has 0 unspecified atom stereocenters. The number of nitrogens with one attached hydrogen (secondary N) is 2. The third-order valence-corrected chi connectivity index (χ3v) is 3.44. The second-order valence-electron chi connectivity index (χ2n) is 5.21. The molecule has 0 saturated heterocycles. The second-order valence-corrected chi connectivity index (χ2v) is 5.21. The monoisotopic (exact) mass is 342 g/mol. The summed E-state index contributed by atoms with van der Waals surface area (Å²) in [4.78, 5) is 22.3. The number of rotatable bonds is 7. The van der Waals surface area contributed by atoms with Crippen LogP contribution in [-0.2, 0) is 4.79 Å². The topological polar surface area (TPSA) is 117 Å². The maximum absolute atomic E-state index is 12.2. The first kappa shape index (κ1) is 17.9. The van der Waals surface area contributed by atoms with Crippen LogP contribution in [0.25, 0.3) is 0 Å². The summed E-state index contributed by atoms with van der Waals surface area (Å²) in [6.45, 7) is 1.86. The van der Waals surface area contributed by atoms with E-state index in [-0.39, 0.29) is 22.9 Å². The van der Waals surface area contributed by atoms with E-state index < -0.39 is 11.0 Å². The molecule has 0 aliphatic heterocycles. The largest absolute Gasteiger partial charge is 0.507 e. The van der Waals surface area contributed by atoms with Gasteiger partial charge in [-0.25, -0.2) is 5.43 Å². The molecule has 0 aromatic heterocycles. The predicted molar refractivity (Wildman–Crippen MR) is 94.6 cm³/mol. The molecule has 2 aromatic rings. The Balaban J connectivity index is 2.01. The Bertz CT molecular complexity index is 777. The fourth-order valence-corrected chi connectivity index (χ4v) is 2.09. The van der Waals surface area contributed by atoms with Crippen LogP contribution in [0.15, 0.2) is 53.6 Å². The lowest BCUT2D eigenvalue weighted by Gasteiger charge is -2.16. The summed E-state index contributed by atoms with van der Waals surface area (Å²) >= 11 is 0. The molecule has 3 N–H and O–H groups in total. The highest BCUT2D eigenvalue weighted by Gasteiger charge is 2.15. The molecule has 0 heterocycles. The summed E-state index contributed by atoms with van der Waals surface area (Å²) in [7, 11) is 0. The fraction of sp³-hybridized carbons (Fsp3) is 0.176. The number of nitrogens with zero attached hydrogens (tertiary/aromatic N) is 2. The number of hydrogen-bond acceptors (Lipinski definition) is 6. The molecule has 0 saturated carbocycles. The van der Waals surface area contributed by atoms with Gasteiger partial charge < -0.3 is 10.4 Å². The van der Waals surface area contributed by atoms with E-state index in [2.05, 4.69) is 15.8 Å². The van der Waals surface area contributed by atoms with Gasteiger partial charge in [0, 0.05) is 23.4 Å². The minimum atomic E-state index is -0.577. The molecule has 2 rings (SSSR count). The van der Waals surface area contributed by atoms with Gasteiger partial charge in [-0.2, -0.15) is 5.10 Å². The first-order chi connectivity index (χ1) is 12.0. The summed E-state index contributed by atoms with van der Waals surface area (Å²) < 4.78 is 0. The third-order valence-electron chi connectivity index (χ3n) is 3.44. The van der Waals surface area contributed by atoms with Gasteiger partial charge in [0.25, 0.3) is 11.6 Å². The van der Waals surface area contributed by atoms with Gasteiger partial charge in [0.1, 0.15) is 11.8 Å². The highest BCUT2D eigenvalue weighted by molar-refractivity contribution is 5.88. The first-order valence-electron chi connectivity index (χ1n) is 7.63. The van der Waals surface area contributed by atoms with Crippen molar-refractivity contribution in [3.8, 4) is 5.75 Å². The standard InChI is InChI=1S/C17H18N4O4/c1-2-15(19-13-6-4-3-5-7-13)17(23)20-18-11-12-10-14(21(24)25)8-9-16(12)22/h3-11,15,19,22H,2H2,1H3,(H,20,23)/b18-11-/t15-/m1/s1. The maximum atomic E-state index is 12.2. The number of aromatic hydroxyl groups is 1. The molecule has 0 spiro atoms. The number of carbonyl (C=O) groups excluding carboxylic acids is 1. The Morgan fingerprint density at radius 3 is 2.68 bits per heavy atom. The minimum Gasteiger partial charge on any atom is -0.507 e. The Kier molecular flexibility index (Phi) is 6.05. The van der Waals surface area contributed by atoms with Crippen molar-refractivity contribution in [1.29, 1.82) is 0 Å². The number of benzene rings is 2. The lowest BCUT2D eigenvalue weighted by atomic mass is 10.2. The van der Waals surface area contributed by atoms with Crippen molar-refractivity contribution in [3.05, 3.63) is 64.2 Å². The molecule has 0 aliphatic carbocycles. The number of non-ortho nitro benzene ring substituents is 1. The van der Waals surface area contributed by atoms with E-state index in [1.807, 2.05) is 37.3 Å². The van der Waals surface area contributed by atoms with E-state index in [0.717, 1.165) is 11.9 Å². The highest BCUT2D eigenvalue weighted by Crippen LogP contribution is 2.21. The molecule has 1 amide bonds. The number of amides is 1. The van der Waals surface area contributed by atoms with E-state index in [4.69, 9.17) is 0 Å². The Morgan fingerprint density at radius 1 is 1.32 bits per heavy atom. The van der Waals surface area contributed by atoms with Gasteiger partial charge in [-0.3, -0.25) is 14.9 Å². The van der Waals surface area contributed by atoms with Gasteiger partial charge in [-0.1, -0.05) is 25.1 Å². The third kappa shape index (κ3) is 5.03. The van der Waals surface area contributed by atoms with Crippen molar-refractivity contribution in [2.75, 3.05) is 5.32 Å². The predicted octanol–water partition coefficient (Wildman–Crippen LogP) is 2.64. The van der Waals surface area contributed by atoms with E-state index in [1.54, 1.807) is 0 Å². The zero-order valence-electron chi connectivity index (χ0n) is 13.5. The molecule has 25 heavy (non-hydrogen) atoms. The summed E-state index contributed by atoms with van der Waals surface area (Å²) in [5, 5.41) is 27.3. The average molecular weight is 342 g/mol. The van der Waals surface area contributed by atoms with Crippen LogP contribution in [-0.4, -0.2) is 28.2 Å². The van der Waals surface area contributed by atoms with Crippen molar-refractivity contribution in [3.63, 3.8) is 0 Å². The molecule has 8 nitrogen and oxygen atoms in total. The first-order valence-corrected chi connectivity index (χ1v) is 7.63. The summed E-state index contributed by atoms with van der Waals surface area (Å²) in [5.41, 5.74) is 3.13. The lowest BCUT2D eigenvalue weighted by molar-refractivity contribution is -0.384. The molecule has 0 radical (unpaired) electrons. The molecule has 0 aliphatic rings. The number of anilines is 1. The number of phenols is 1. The van der Waals surface area contributed by atoms with E-state index in [0.29, 0.717) is 6.42 Å². The van der Waals surface area contributed by atoms with Gasteiger partial charge in [0.15, 0.2) is 0 Å². The zero-order valence-corrected chi connectivity index (χ0v) is 13.5. The number of carbonyl (C=O) groups is 1. The number of hydrogen-bond donors (Lipinski definition) is 3. The molecule has 2 aromatic carbocycles. The molecule has 0 bridgehead atoms. The molecule has 1 atom stereocenters. The van der Waals surface area contributed by atoms with Crippen LogP contribution in [0.1, 0.15) is 18.9 Å². The maximum Gasteiger partial charge on any atom is 0.270 e. The number of nitro benzene ring substituents is 1. The Hall–Kier alpha value is -3.42. The Labute approximate surface area is 144 Å². The van der Waals surface area contributed by atoms with Crippen molar-refractivity contribution in [2.24, 2.45) is 5.10 Å². The quantitative estimate of drug-likeness (QED) is 0.406. The van der Waals surface area contributed by atoms with Crippen molar-refractivity contribution in [2.45, 2.75) is 19.4 Å². The molecular weight excluding hydrogens is 324 g/mol. The smallest absolute Gasteiger partial charge is 0.270 e. The summed E-state index contributed by atoms with van der Waals surface area (Å²) in [5.74, 6) is -0.523.